The van der Waals surface area contributed by atoms with Gasteiger partial charge < -0.3 is 5.73 Å². The number of benzene rings is 2. The molecule has 32 heavy (non-hydrogen) atoms. The van der Waals surface area contributed by atoms with Gasteiger partial charge in [0.1, 0.15) is 21.7 Å². The first kappa shape index (κ1) is 23.1. The third-order valence-corrected chi connectivity index (χ3v) is 5.84. The Kier molecular flexibility index (Phi) is 7.37. The number of amides is 2. The van der Waals surface area contributed by atoms with Crippen molar-refractivity contribution in [3.05, 3.63) is 69.3 Å². The van der Waals surface area contributed by atoms with E-state index in [1.807, 2.05) is 0 Å². The van der Waals surface area contributed by atoms with Crippen LogP contribution in [0.3, 0.4) is 0 Å². The highest BCUT2D eigenvalue weighted by Gasteiger charge is 2.19. The number of nitro benzene ring substituents is 1. The number of hydrogen-bond acceptors (Lipinski definition) is 9. The molecule has 2 aromatic rings. The molecule has 4 N–H and O–H groups in total. The molecule has 0 bridgehead atoms. The van der Waals surface area contributed by atoms with E-state index in [2.05, 4.69) is 21.1 Å². The number of non-ortho nitro benzene ring substituents is 1. The predicted octanol–water partition coefficient (Wildman–Crippen LogP) is 2.19. The van der Waals surface area contributed by atoms with Crippen molar-refractivity contribution in [1.82, 2.24) is 10.9 Å². The summed E-state index contributed by atoms with van der Waals surface area (Å²) in [6, 6.07) is 7.67. The van der Waals surface area contributed by atoms with Gasteiger partial charge in [-0.1, -0.05) is 23.5 Å². The Bertz CT molecular complexity index is 1160. The summed E-state index contributed by atoms with van der Waals surface area (Å²) in [4.78, 5) is 31.4. The molecule has 2 aliphatic heterocycles. The van der Waals surface area contributed by atoms with Gasteiger partial charge in [0.2, 0.25) is 0 Å². The van der Waals surface area contributed by atoms with Crippen LogP contribution in [0.5, 0.6) is 0 Å². The summed E-state index contributed by atoms with van der Waals surface area (Å²) in [5.41, 5.74) is 10.5. The molecule has 0 radical (unpaired) electrons. The number of nitrogen functional groups attached to an aromatic ring is 1. The Hall–Kier alpha value is -3.52. The van der Waals surface area contributed by atoms with Crippen LogP contribution >= 0.6 is 23.5 Å². The minimum absolute atomic E-state index is 0.139. The normalized spacial score (nSPS) is 15.4. The number of rotatable bonds is 3. The lowest BCUT2D eigenvalue weighted by Crippen LogP contribution is -2.26. The zero-order valence-corrected chi connectivity index (χ0v) is 17.6. The van der Waals surface area contributed by atoms with Gasteiger partial charge in [-0.3, -0.25) is 19.7 Å². The van der Waals surface area contributed by atoms with Gasteiger partial charge in [-0.15, -0.1) is 0 Å². The number of carbonyl (C=O) groups excluding carboxylic acids is 2. The third kappa shape index (κ3) is 5.79. The monoisotopic (exact) mass is 480 g/mol. The van der Waals surface area contributed by atoms with E-state index in [1.54, 1.807) is 12.1 Å². The van der Waals surface area contributed by atoms with Crippen molar-refractivity contribution in [2.45, 2.75) is 0 Å². The van der Waals surface area contributed by atoms with Crippen molar-refractivity contribution in [2.75, 3.05) is 17.2 Å². The summed E-state index contributed by atoms with van der Waals surface area (Å²) in [5, 5.41) is 18.7. The maximum atomic E-state index is 13.6. The average molecular weight is 480 g/mol. The Labute approximate surface area is 187 Å². The molecule has 10 nitrogen and oxygen atoms in total. The number of carbonyl (C=O) groups is 2. The van der Waals surface area contributed by atoms with Gasteiger partial charge in [-0.25, -0.2) is 19.6 Å². The Morgan fingerprint density at radius 1 is 0.906 bits per heavy atom. The molecule has 14 heteroatoms. The molecular formula is C18H14F2N6O4S2. The number of thioether (sulfide) groups is 2. The molecule has 2 aromatic carbocycles. The molecule has 0 aromatic heterocycles. The summed E-state index contributed by atoms with van der Waals surface area (Å²) in [5.74, 6) is -1.21. The fourth-order valence-corrected chi connectivity index (χ4v) is 3.92. The quantitative estimate of drug-likeness (QED) is 0.346. The first-order valence-electron chi connectivity index (χ1n) is 8.73. The topological polar surface area (TPSA) is 152 Å². The van der Waals surface area contributed by atoms with Crippen LogP contribution in [0.2, 0.25) is 0 Å². The molecular weight excluding hydrogens is 466 g/mol. The third-order valence-electron chi connectivity index (χ3n) is 3.86. The lowest BCUT2D eigenvalue weighted by atomic mass is 10.2. The molecule has 2 amide bonds. The number of anilines is 1. The van der Waals surface area contributed by atoms with Crippen molar-refractivity contribution in [1.29, 1.82) is 0 Å². The van der Waals surface area contributed by atoms with Crippen molar-refractivity contribution in [3.8, 4) is 0 Å². The van der Waals surface area contributed by atoms with Crippen LogP contribution in [0.1, 0.15) is 11.1 Å². The molecule has 0 saturated heterocycles. The maximum Gasteiger partial charge on any atom is 0.272 e. The molecule has 0 unspecified atom stereocenters. The first-order chi connectivity index (χ1) is 15.2. The van der Waals surface area contributed by atoms with Crippen LogP contribution < -0.4 is 16.6 Å². The summed E-state index contributed by atoms with van der Waals surface area (Å²) in [7, 11) is 0. The number of nitrogens with zero attached hydrogens (tertiary/aromatic N) is 3. The smallest absolute Gasteiger partial charge is 0.272 e. The lowest BCUT2D eigenvalue weighted by molar-refractivity contribution is -0.385. The molecule has 4 rings (SSSR count). The summed E-state index contributed by atoms with van der Waals surface area (Å²) in [6.45, 7) is 0. The molecule has 166 valence electrons. The van der Waals surface area contributed by atoms with E-state index in [4.69, 9.17) is 5.73 Å². The van der Waals surface area contributed by atoms with Gasteiger partial charge in [0.05, 0.1) is 22.5 Å². The second-order valence-electron chi connectivity index (χ2n) is 6.14. The largest absolute Gasteiger partial charge is 0.399 e. The van der Waals surface area contributed by atoms with Crippen molar-refractivity contribution in [3.63, 3.8) is 0 Å². The minimum Gasteiger partial charge on any atom is -0.399 e. The van der Waals surface area contributed by atoms with Gasteiger partial charge in [0.25, 0.3) is 17.5 Å². The zero-order chi connectivity index (χ0) is 23.3. The predicted molar refractivity (Wildman–Crippen MR) is 118 cm³/mol. The molecule has 0 atom stereocenters. The van der Waals surface area contributed by atoms with Crippen molar-refractivity contribution >= 4 is 56.8 Å². The van der Waals surface area contributed by atoms with Crippen LogP contribution in [-0.2, 0) is 9.59 Å². The molecule has 0 aliphatic carbocycles. The van der Waals surface area contributed by atoms with Gasteiger partial charge in [0.15, 0.2) is 0 Å². The average Bonchev–Trinajstić information content (AvgIpc) is 2.76. The van der Waals surface area contributed by atoms with Gasteiger partial charge >= 0.3 is 0 Å². The second-order valence-corrected chi connectivity index (χ2v) is 8.07. The van der Waals surface area contributed by atoms with Crippen LogP contribution in [-0.4, -0.2) is 38.3 Å². The Morgan fingerprint density at radius 2 is 1.41 bits per heavy atom. The first-order valence-corrected chi connectivity index (χ1v) is 10.7. The maximum absolute atomic E-state index is 13.6. The van der Waals surface area contributed by atoms with Crippen molar-refractivity contribution in [2.24, 2.45) is 10.2 Å². The number of nitrogens with one attached hydrogen (secondary N) is 2. The van der Waals surface area contributed by atoms with Crippen LogP contribution in [0.25, 0.3) is 0 Å². The molecule has 0 spiro atoms. The summed E-state index contributed by atoms with van der Waals surface area (Å²) >= 11 is 2.28. The lowest BCUT2D eigenvalue weighted by Gasteiger charge is -2.12. The highest BCUT2D eigenvalue weighted by Crippen LogP contribution is 2.23. The highest BCUT2D eigenvalue weighted by molar-refractivity contribution is 8.15. The van der Waals surface area contributed by atoms with E-state index in [0.717, 1.165) is 17.8 Å². The van der Waals surface area contributed by atoms with E-state index >= 15 is 0 Å². The van der Waals surface area contributed by atoms with Gasteiger partial charge in [-0.05, 0) is 24.3 Å². The highest BCUT2D eigenvalue weighted by atomic mass is 32.2. The SMILES string of the molecule is Nc1ccc(C2=NNC(=O)CS2)c(F)c1.O=C1CSC(c2ccc([N+](=O)[O-])cc2F)=NN1. The zero-order valence-electron chi connectivity index (χ0n) is 16.0. The fourth-order valence-electron chi connectivity index (χ4n) is 2.39. The van der Waals surface area contributed by atoms with Crippen LogP contribution in [0.4, 0.5) is 20.2 Å². The number of nitrogens with two attached hydrogens (primary N) is 1. The number of nitro groups is 1. The standard InChI is InChI=1S/C9H6FN3O3S.C9H8FN3OS/c10-7-3-5(13(15)16)1-2-6(7)9-12-11-8(14)4-17-9;10-7-3-5(11)1-2-6(7)9-13-12-8(14)4-15-9/h1-3H,4H2,(H,11,14);1-3H,4,11H2,(H,12,14). The van der Waals surface area contributed by atoms with E-state index < -0.39 is 16.6 Å². The van der Waals surface area contributed by atoms with Crippen molar-refractivity contribution < 1.29 is 23.3 Å². The van der Waals surface area contributed by atoms with E-state index in [1.165, 1.54) is 30.0 Å². The number of hydrogen-bond donors (Lipinski definition) is 3. The Morgan fingerprint density at radius 3 is 1.81 bits per heavy atom. The van der Waals surface area contributed by atoms with Crippen LogP contribution in [0.15, 0.2) is 46.6 Å². The van der Waals surface area contributed by atoms with E-state index in [9.17, 15) is 28.5 Å². The molecule has 0 saturated carbocycles. The number of hydrazone groups is 2. The van der Waals surface area contributed by atoms with E-state index in [0.29, 0.717) is 21.3 Å². The minimum atomic E-state index is -0.735. The molecule has 2 heterocycles. The van der Waals surface area contributed by atoms with Gasteiger partial charge in [0, 0.05) is 22.9 Å². The Balaban J connectivity index is 0.000000182. The van der Waals surface area contributed by atoms with E-state index in [-0.39, 0.29) is 34.6 Å². The fraction of sp³-hybridized carbons (Fsp3) is 0.111. The van der Waals surface area contributed by atoms with Crippen LogP contribution in [0, 0.1) is 21.7 Å². The summed E-state index contributed by atoms with van der Waals surface area (Å²) in [6.07, 6.45) is 0. The number of halogens is 2. The molecule has 2 aliphatic rings. The summed E-state index contributed by atoms with van der Waals surface area (Å²) < 4.78 is 27.0. The van der Waals surface area contributed by atoms with Gasteiger partial charge in [-0.2, -0.15) is 10.2 Å². The molecule has 0 fully saturated rings. The second kappa shape index (κ2) is 10.2.